The van der Waals surface area contributed by atoms with Crippen LogP contribution in [-0.4, -0.2) is 36.1 Å². The first-order valence-electron chi connectivity index (χ1n) is 5.06. The minimum Gasteiger partial charge on any atom is -0.375 e. The van der Waals surface area contributed by atoms with Gasteiger partial charge in [-0.1, -0.05) is 6.92 Å². The van der Waals surface area contributed by atoms with Gasteiger partial charge in [-0.25, -0.2) is 0 Å². The Labute approximate surface area is 80.1 Å². The predicted octanol–water partition coefficient (Wildman–Crippen LogP) is 1.42. The second-order valence-corrected chi connectivity index (χ2v) is 3.79. The zero-order chi connectivity index (χ0) is 9.84. The normalized spacial score (nSPS) is 29.0. The summed E-state index contributed by atoms with van der Waals surface area (Å²) in [6.07, 6.45) is 1.78. The molecule has 0 aromatic rings. The van der Waals surface area contributed by atoms with E-state index >= 15 is 0 Å². The molecule has 0 aliphatic carbocycles. The summed E-state index contributed by atoms with van der Waals surface area (Å²) in [7, 11) is 0. The lowest BCUT2D eigenvalue weighted by molar-refractivity contribution is -0.143. The van der Waals surface area contributed by atoms with Gasteiger partial charge in [0.05, 0.1) is 18.8 Å². The summed E-state index contributed by atoms with van der Waals surface area (Å²) < 4.78 is 5.45. The molecule has 1 aliphatic rings. The first kappa shape index (κ1) is 10.5. The van der Waals surface area contributed by atoms with Gasteiger partial charge in [-0.3, -0.25) is 4.79 Å². The van der Waals surface area contributed by atoms with Crippen LogP contribution in [0.5, 0.6) is 0 Å². The quantitative estimate of drug-likeness (QED) is 0.651. The summed E-state index contributed by atoms with van der Waals surface area (Å²) in [6.45, 7) is 7.51. The number of rotatable bonds is 2. The third-order valence-electron chi connectivity index (χ3n) is 2.39. The highest BCUT2D eigenvalue weighted by molar-refractivity contribution is 5.76. The minimum absolute atomic E-state index is 0.192. The van der Waals surface area contributed by atoms with Crippen molar-refractivity contribution in [2.45, 2.75) is 45.8 Å². The third-order valence-corrected chi connectivity index (χ3v) is 2.39. The van der Waals surface area contributed by atoms with E-state index in [2.05, 4.69) is 0 Å². The van der Waals surface area contributed by atoms with Gasteiger partial charge in [0.15, 0.2) is 0 Å². The fraction of sp³-hybridized carbons (Fsp3) is 0.900. The van der Waals surface area contributed by atoms with Crippen molar-refractivity contribution in [2.24, 2.45) is 0 Å². The van der Waals surface area contributed by atoms with Crippen LogP contribution in [0, 0.1) is 0 Å². The van der Waals surface area contributed by atoms with E-state index in [1.807, 2.05) is 25.7 Å². The van der Waals surface area contributed by atoms with Crippen molar-refractivity contribution in [1.82, 2.24) is 4.90 Å². The number of nitrogens with zero attached hydrogens (tertiary/aromatic N) is 1. The Balaban J connectivity index is 2.50. The maximum absolute atomic E-state index is 11.6. The first-order valence-corrected chi connectivity index (χ1v) is 5.06. The number of hydrogen-bond acceptors (Lipinski definition) is 2. The van der Waals surface area contributed by atoms with Crippen LogP contribution in [0.25, 0.3) is 0 Å². The lowest BCUT2D eigenvalue weighted by atomic mass is 10.2. The molecule has 0 N–H and O–H groups in total. The molecule has 3 heteroatoms. The Morgan fingerprint density at radius 3 is 2.85 bits per heavy atom. The van der Waals surface area contributed by atoms with Crippen LogP contribution in [0.15, 0.2) is 0 Å². The van der Waals surface area contributed by atoms with Crippen molar-refractivity contribution in [3.05, 3.63) is 0 Å². The highest BCUT2D eigenvalue weighted by atomic mass is 16.5. The zero-order valence-electron chi connectivity index (χ0n) is 8.75. The van der Waals surface area contributed by atoms with Gasteiger partial charge in [-0.05, 0) is 20.3 Å². The van der Waals surface area contributed by atoms with E-state index in [1.165, 1.54) is 0 Å². The molecule has 0 saturated carbocycles. The molecule has 13 heavy (non-hydrogen) atoms. The molecule has 0 aromatic carbocycles. The molecule has 1 saturated heterocycles. The van der Waals surface area contributed by atoms with Crippen LogP contribution in [0.1, 0.15) is 33.6 Å². The van der Waals surface area contributed by atoms with Gasteiger partial charge >= 0.3 is 0 Å². The summed E-state index contributed by atoms with van der Waals surface area (Å²) in [6, 6.07) is 0.246. The highest BCUT2D eigenvalue weighted by Crippen LogP contribution is 2.12. The molecule has 76 valence electrons. The van der Waals surface area contributed by atoms with Crippen molar-refractivity contribution in [3.8, 4) is 0 Å². The summed E-state index contributed by atoms with van der Waals surface area (Å²) in [5.74, 6) is 0.269. The number of hydrogen-bond donors (Lipinski definition) is 0. The largest absolute Gasteiger partial charge is 0.375 e. The smallest absolute Gasteiger partial charge is 0.222 e. The van der Waals surface area contributed by atoms with Gasteiger partial charge in [0.2, 0.25) is 5.91 Å². The Morgan fingerprint density at radius 1 is 1.54 bits per heavy atom. The topological polar surface area (TPSA) is 29.5 Å². The van der Waals surface area contributed by atoms with Gasteiger partial charge in [-0.15, -0.1) is 0 Å². The molecule has 0 spiro atoms. The summed E-state index contributed by atoms with van der Waals surface area (Å²) in [5, 5.41) is 0. The summed E-state index contributed by atoms with van der Waals surface area (Å²) >= 11 is 0. The van der Waals surface area contributed by atoms with Crippen LogP contribution in [0.3, 0.4) is 0 Å². The van der Waals surface area contributed by atoms with Gasteiger partial charge in [-0.2, -0.15) is 0 Å². The highest BCUT2D eigenvalue weighted by Gasteiger charge is 2.26. The Morgan fingerprint density at radius 2 is 2.23 bits per heavy atom. The average molecular weight is 185 g/mol. The van der Waals surface area contributed by atoms with Crippen LogP contribution in [0.2, 0.25) is 0 Å². The standard InChI is InChI=1S/C10H19NO2/c1-4-5-10(12)11-6-9(3)13-7-8(11)2/h8-9H,4-7H2,1-3H3. The second kappa shape index (κ2) is 4.61. The van der Waals surface area contributed by atoms with Crippen molar-refractivity contribution in [2.75, 3.05) is 13.2 Å². The summed E-state index contributed by atoms with van der Waals surface area (Å²) in [4.78, 5) is 13.6. The number of amides is 1. The van der Waals surface area contributed by atoms with E-state index in [0.717, 1.165) is 13.0 Å². The molecule has 0 bridgehead atoms. The van der Waals surface area contributed by atoms with Crippen LogP contribution < -0.4 is 0 Å². The Hall–Kier alpha value is -0.570. The lowest BCUT2D eigenvalue weighted by Crippen LogP contribution is -2.50. The van der Waals surface area contributed by atoms with E-state index in [1.54, 1.807) is 0 Å². The Kier molecular flexibility index (Phi) is 3.72. The maximum Gasteiger partial charge on any atom is 0.222 e. The minimum atomic E-state index is 0.192. The monoisotopic (exact) mass is 185 g/mol. The maximum atomic E-state index is 11.6. The van der Waals surface area contributed by atoms with E-state index in [0.29, 0.717) is 13.0 Å². The molecule has 1 heterocycles. The van der Waals surface area contributed by atoms with Crippen molar-refractivity contribution >= 4 is 5.91 Å². The molecule has 2 atom stereocenters. The molecule has 1 amide bonds. The number of carbonyl (C=O) groups is 1. The van der Waals surface area contributed by atoms with Crippen molar-refractivity contribution in [3.63, 3.8) is 0 Å². The van der Waals surface area contributed by atoms with E-state index in [9.17, 15) is 4.79 Å². The predicted molar refractivity (Wildman–Crippen MR) is 51.5 cm³/mol. The van der Waals surface area contributed by atoms with Crippen molar-refractivity contribution in [1.29, 1.82) is 0 Å². The molecule has 2 unspecified atom stereocenters. The SMILES string of the molecule is CCCC(=O)N1CC(C)OCC1C. The fourth-order valence-electron chi connectivity index (χ4n) is 1.61. The zero-order valence-corrected chi connectivity index (χ0v) is 8.75. The molecular formula is C10H19NO2. The molecule has 1 aliphatic heterocycles. The first-order chi connectivity index (χ1) is 6.15. The molecule has 1 rings (SSSR count). The fourth-order valence-corrected chi connectivity index (χ4v) is 1.61. The molecule has 0 aromatic heterocycles. The number of morpholine rings is 1. The number of carbonyl (C=O) groups excluding carboxylic acids is 1. The van der Waals surface area contributed by atoms with E-state index < -0.39 is 0 Å². The third kappa shape index (κ3) is 2.69. The summed E-state index contributed by atoms with van der Waals surface area (Å²) in [5.41, 5.74) is 0. The van der Waals surface area contributed by atoms with Crippen LogP contribution >= 0.6 is 0 Å². The average Bonchev–Trinajstić information content (AvgIpc) is 2.09. The van der Waals surface area contributed by atoms with Crippen molar-refractivity contribution < 1.29 is 9.53 Å². The van der Waals surface area contributed by atoms with Crippen LogP contribution in [0.4, 0.5) is 0 Å². The molecule has 3 nitrogen and oxygen atoms in total. The van der Waals surface area contributed by atoms with Crippen LogP contribution in [-0.2, 0) is 9.53 Å². The van der Waals surface area contributed by atoms with Gasteiger partial charge in [0, 0.05) is 13.0 Å². The molecular weight excluding hydrogens is 166 g/mol. The van der Waals surface area contributed by atoms with Gasteiger partial charge in [0.25, 0.3) is 0 Å². The van der Waals surface area contributed by atoms with E-state index in [4.69, 9.17) is 4.74 Å². The Bertz CT molecular complexity index is 182. The number of ether oxygens (including phenoxy) is 1. The molecule has 1 fully saturated rings. The van der Waals surface area contributed by atoms with Gasteiger partial charge < -0.3 is 9.64 Å². The lowest BCUT2D eigenvalue weighted by Gasteiger charge is -2.36. The van der Waals surface area contributed by atoms with Gasteiger partial charge in [0.1, 0.15) is 0 Å². The van der Waals surface area contributed by atoms with E-state index in [-0.39, 0.29) is 18.1 Å². The molecule has 0 radical (unpaired) electrons. The second-order valence-electron chi connectivity index (χ2n) is 3.79.